The lowest BCUT2D eigenvalue weighted by Gasteiger charge is -2.14. The molecule has 0 saturated heterocycles. The molecule has 0 aliphatic rings. The van der Waals surface area contributed by atoms with E-state index in [4.69, 9.17) is 10.5 Å². The van der Waals surface area contributed by atoms with Crippen molar-refractivity contribution in [2.75, 3.05) is 31.8 Å². The molecule has 0 aliphatic carbocycles. The molecule has 0 heterocycles. The molecule has 19 heavy (non-hydrogen) atoms. The largest absolute Gasteiger partial charge is 0.494 e. The Labute approximate surface area is 112 Å². The fraction of sp³-hybridized carbons (Fsp3) is 0.200. The van der Waals surface area contributed by atoms with Gasteiger partial charge in [0.25, 0.3) is 0 Å². The lowest BCUT2D eigenvalue weighted by Crippen LogP contribution is -2.08. The third-order valence-corrected chi connectivity index (χ3v) is 3.02. The van der Waals surface area contributed by atoms with E-state index in [1.807, 2.05) is 43.3 Å². The van der Waals surface area contributed by atoms with Crippen LogP contribution in [0.4, 0.5) is 15.8 Å². The first kappa shape index (κ1) is 13.2. The fourth-order valence-electron chi connectivity index (χ4n) is 1.91. The number of hydrogen-bond acceptors (Lipinski definition) is 3. The van der Waals surface area contributed by atoms with Crippen molar-refractivity contribution >= 4 is 11.4 Å². The number of anilines is 2. The van der Waals surface area contributed by atoms with Gasteiger partial charge in [-0.3, -0.25) is 0 Å². The number of ether oxygens (including phenoxy) is 1. The van der Waals surface area contributed by atoms with Crippen LogP contribution in [-0.2, 0) is 0 Å². The van der Waals surface area contributed by atoms with Crippen molar-refractivity contribution in [2.24, 2.45) is 0 Å². The number of nitrogens with two attached hydrogens (primary N) is 1. The van der Waals surface area contributed by atoms with Crippen LogP contribution < -0.4 is 15.4 Å². The topological polar surface area (TPSA) is 38.5 Å². The monoisotopic (exact) mass is 260 g/mol. The molecule has 2 aromatic carbocycles. The summed E-state index contributed by atoms with van der Waals surface area (Å²) in [5.41, 5.74) is 9.06. The van der Waals surface area contributed by atoms with Crippen molar-refractivity contribution in [1.29, 1.82) is 0 Å². The molecular weight excluding hydrogens is 243 g/mol. The first-order valence-corrected chi connectivity index (χ1v) is 5.93. The summed E-state index contributed by atoms with van der Waals surface area (Å²) in [5.74, 6) is -0.255. The molecule has 2 rings (SSSR count). The van der Waals surface area contributed by atoms with Crippen molar-refractivity contribution in [3.63, 3.8) is 0 Å². The summed E-state index contributed by atoms with van der Waals surface area (Å²) in [6.45, 7) is 0. The molecule has 0 unspecified atom stereocenters. The molecule has 0 saturated carbocycles. The van der Waals surface area contributed by atoms with Crippen molar-refractivity contribution < 1.29 is 9.13 Å². The van der Waals surface area contributed by atoms with Crippen LogP contribution in [0.2, 0.25) is 0 Å². The SMILES string of the molecule is COc1cc(-c2ccc(N(C)C)cc2)c(N)cc1F. The van der Waals surface area contributed by atoms with E-state index in [9.17, 15) is 4.39 Å². The van der Waals surface area contributed by atoms with Crippen LogP contribution in [0.1, 0.15) is 0 Å². The average Bonchev–Trinajstić information content (AvgIpc) is 2.39. The van der Waals surface area contributed by atoms with E-state index in [-0.39, 0.29) is 5.75 Å². The zero-order chi connectivity index (χ0) is 14.0. The molecule has 2 N–H and O–H groups in total. The minimum Gasteiger partial charge on any atom is -0.494 e. The zero-order valence-electron chi connectivity index (χ0n) is 11.3. The Hall–Kier alpha value is -2.23. The van der Waals surface area contributed by atoms with E-state index in [0.29, 0.717) is 5.69 Å². The molecule has 0 amide bonds. The molecule has 3 nitrogen and oxygen atoms in total. The van der Waals surface area contributed by atoms with Crippen molar-refractivity contribution in [2.45, 2.75) is 0 Å². The van der Waals surface area contributed by atoms with Crippen molar-refractivity contribution in [3.8, 4) is 16.9 Å². The molecule has 0 bridgehead atoms. The molecule has 2 aromatic rings. The Bertz CT molecular complexity index is 579. The quantitative estimate of drug-likeness (QED) is 0.862. The van der Waals surface area contributed by atoms with Crippen molar-refractivity contribution in [1.82, 2.24) is 0 Å². The highest BCUT2D eigenvalue weighted by molar-refractivity contribution is 5.78. The normalized spacial score (nSPS) is 10.3. The standard InChI is InChI=1S/C15H17FN2O/c1-18(2)11-6-4-10(5-7-11)12-8-15(19-3)13(16)9-14(12)17/h4-9H,17H2,1-3H3. The lowest BCUT2D eigenvalue weighted by molar-refractivity contribution is 0.387. The zero-order valence-corrected chi connectivity index (χ0v) is 11.3. The molecule has 0 aliphatic heterocycles. The Morgan fingerprint density at radius 1 is 1.11 bits per heavy atom. The maximum Gasteiger partial charge on any atom is 0.167 e. The number of benzene rings is 2. The van der Waals surface area contributed by atoms with E-state index in [1.165, 1.54) is 13.2 Å². The van der Waals surface area contributed by atoms with Gasteiger partial charge in [-0.25, -0.2) is 4.39 Å². The second kappa shape index (κ2) is 5.18. The number of nitrogens with zero attached hydrogens (tertiary/aromatic N) is 1. The first-order valence-electron chi connectivity index (χ1n) is 5.93. The van der Waals surface area contributed by atoms with E-state index in [2.05, 4.69) is 0 Å². The fourth-order valence-corrected chi connectivity index (χ4v) is 1.91. The molecule has 4 heteroatoms. The molecular formula is C15H17FN2O. The summed E-state index contributed by atoms with van der Waals surface area (Å²) in [7, 11) is 5.39. The van der Waals surface area contributed by atoms with Crippen molar-refractivity contribution in [3.05, 3.63) is 42.2 Å². The Balaban J connectivity index is 2.46. The van der Waals surface area contributed by atoms with E-state index < -0.39 is 5.82 Å². The Morgan fingerprint density at radius 3 is 2.26 bits per heavy atom. The molecule has 0 atom stereocenters. The van der Waals surface area contributed by atoms with Gasteiger partial charge >= 0.3 is 0 Å². The van der Waals surface area contributed by atoms with Gasteiger partial charge in [-0.2, -0.15) is 0 Å². The minimum absolute atomic E-state index is 0.195. The summed E-state index contributed by atoms with van der Waals surface area (Å²) in [4.78, 5) is 2.01. The Kier molecular flexibility index (Phi) is 3.60. The third-order valence-electron chi connectivity index (χ3n) is 3.02. The minimum atomic E-state index is -0.450. The van der Waals surface area contributed by atoms with Gasteiger partial charge in [0.05, 0.1) is 7.11 Å². The van der Waals surface area contributed by atoms with Crippen LogP contribution in [-0.4, -0.2) is 21.2 Å². The van der Waals surface area contributed by atoms with E-state index >= 15 is 0 Å². The average molecular weight is 260 g/mol. The second-order valence-corrected chi connectivity index (χ2v) is 4.52. The second-order valence-electron chi connectivity index (χ2n) is 4.52. The number of rotatable bonds is 3. The maximum absolute atomic E-state index is 13.5. The molecule has 0 aromatic heterocycles. The molecule has 0 fully saturated rings. The highest BCUT2D eigenvalue weighted by atomic mass is 19.1. The smallest absolute Gasteiger partial charge is 0.167 e. The number of methoxy groups -OCH3 is 1. The lowest BCUT2D eigenvalue weighted by atomic mass is 10.0. The summed E-state index contributed by atoms with van der Waals surface area (Å²) in [6, 6.07) is 10.8. The van der Waals surface area contributed by atoms with Gasteiger partial charge in [-0.15, -0.1) is 0 Å². The molecule has 0 radical (unpaired) electrons. The predicted octanol–water partition coefficient (Wildman–Crippen LogP) is 3.15. The van der Waals surface area contributed by atoms with Gasteiger partial charge in [0.15, 0.2) is 11.6 Å². The summed E-state index contributed by atoms with van der Waals surface area (Å²) in [6.07, 6.45) is 0. The summed E-state index contributed by atoms with van der Waals surface area (Å²) >= 11 is 0. The molecule has 0 spiro atoms. The Morgan fingerprint density at radius 2 is 1.74 bits per heavy atom. The van der Waals surface area contributed by atoms with Crippen LogP contribution in [0.25, 0.3) is 11.1 Å². The number of nitrogen functional groups attached to an aromatic ring is 1. The highest BCUT2D eigenvalue weighted by Crippen LogP contribution is 2.32. The molecule has 100 valence electrons. The van der Waals surface area contributed by atoms with Gasteiger partial charge in [-0.1, -0.05) is 12.1 Å². The van der Waals surface area contributed by atoms with Crippen LogP contribution in [0.15, 0.2) is 36.4 Å². The van der Waals surface area contributed by atoms with Gasteiger partial charge in [0.2, 0.25) is 0 Å². The van der Waals surface area contributed by atoms with Crippen LogP contribution >= 0.6 is 0 Å². The van der Waals surface area contributed by atoms with Crippen LogP contribution in [0.3, 0.4) is 0 Å². The van der Waals surface area contributed by atoms with Gasteiger partial charge in [-0.05, 0) is 23.8 Å². The van der Waals surface area contributed by atoms with Gasteiger partial charge in [0, 0.05) is 37.1 Å². The third kappa shape index (κ3) is 2.62. The predicted molar refractivity (Wildman–Crippen MR) is 77.1 cm³/mol. The maximum atomic E-state index is 13.5. The number of hydrogen-bond donors (Lipinski definition) is 1. The van der Waals surface area contributed by atoms with Gasteiger partial charge in [0.1, 0.15) is 0 Å². The highest BCUT2D eigenvalue weighted by Gasteiger charge is 2.10. The summed E-state index contributed by atoms with van der Waals surface area (Å²) < 4.78 is 18.5. The van der Waals surface area contributed by atoms with Gasteiger partial charge < -0.3 is 15.4 Å². The number of halogens is 1. The van der Waals surface area contributed by atoms with E-state index in [0.717, 1.165) is 16.8 Å². The van der Waals surface area contributed by atoms with E-state index in [1.54, 1.807) is 6.07 Å². The summed E-state index contributed by atoms with van der Waals surface area (Å²) in [5, 5.41) is 0. The van der Waals surface area contributed by atoms with Crippen LogP contribution in [0.5, 0.6) is 5.75 Å². The van der Waals surface area contributed by atoms with Crippen LogP contribution in [0, 0.1) is 5.82 Å². The first-order chi connectivity index (χ1) is 9.02.